The van der Waals surface area contributed by atoms with E-state index < -0.39 is 0 Å². The summed E-state index contributed by atoms with van der Waals surface area (Å²) >= 11 is 2.47. The predicted octanol–water partition coefficient (Wildman–Crippen LogP) is 4.07. The third-order valence-corrected chi connectivity index (χ3v) is 4.82. The first-order valence-corrected chi connectivity index (χ1v) is 7.21. The summed E-state index contributed by atoms with van der Waals surface area (Å²) in [6, 6.07) is 8.76. The molecule has 0 aromatic heterocycles. The van der Waals surface area contributed by atoms with Crippen LogP contribution in [0.15, 0.2) is 35.7 Å². The Hall–Kier alpha value is -0.710. The van der Waals surface area contributed by atoms with Crippen molar-refractivity contribution >= 4 is 28.6 Å². The first-order chi connectivity index (χ1) is 8.27. The molecule has 1 heterocycles. The monoisotopic (exact) mass is 340 g/mol. The summed E-state index contributed by atoms with van der Waals surface area (Å²) in [6.45, 7) is 1.04. The van der Waals surface area contributed by atoms with Crippen molar-refractivity contribution in [3.8, 4) is 0 Å². The summed E-state index contributed by atoms with van der Waals surface area (Å²) in [7, 11) is 2.23. The Kier molecular flexibility index (Phi) is 3.03. The average Bonchev–Trinajstić information content (AvgIpc) is 2.48. The smallest absolute Gasteiger partial charge is 0.0643 e. The Labute approximate surface area is 117 Å². The highest BCUT2D eigenvalue weighted by Gasteiger charge is 2.25. The Morgan fingerprint density at radius 1 is 1.06 bits per heavy atom. The van der Waals surface area contributed by atoms with Crippen molar-refractivity contribution in [2.75, 3.05) is 10.2 Å². The molecule has 90 valence electrons. The van der Waals surface area contributed by atoms with Crippen LogP contribution in [0.3, 0.4) is 0 Å². The van der Waals surface area contributed by atoms with Gasteiger partial charge >= 0.3 is 0 Å². The molecule has 0 fully saturated rings. The number of benzene rings is 1. The molecular weight excluding hydrogens is 323 g/mol. The molecule has 1 aromatic rings. The van der Waals surface area contributed by atoms with Gasteiger partial charge in [-0.1, -0.05) is 18.2 Å². The van der Waals surface area contributed by atoms with E-state index in [1.165, 1.54) is 42.6 Å². The Morgan fingerprint density at radius 3 is 2.59 bits per heavy atom. The van der Waals surface area contributed by atoms with Crippen LogP contribution in [0.4, 0.5) is 5.69 Å². The van der Waals surface area contributed by atoms with Gasteiger partial charge in [-0.2, -0.15) is 0 Å². The van der Waals surface area contributed by atoms with Gasteiger partial charge in [0.25, 0.3) is 0 Å². The van der Waals surface area contributed by atoms with E-state index in [0.717, 1.165) is 6.54 Å². The highest BCUT2D eigenvalue weighted by molar-refractivity contribution is 14.1. The minimum absolute atomic E-state index is 1.04. The highest BCUT2D eigenvalue weighted by Crippen LogP contribution is 2.39. The third kappa shape index (κ3) is 1.94. The Bertz CT molecular complexity index is 467. The number of para-hydroxylation sites is 1. The van der Waals surface area contributed by atoms with Crippen molar-refractivity contribution in [1.82, 2.24) is 4.90 Å². The van der Waals surface area contributed by atoms with Gasteiger partial charge in [0, 0.05) is 25.0 Å². The van der Waals surface area contributed by atoms with Gasteiger partial charge in [0.2, 0.25) is 0 Å². The van der Waals surface area contributed by atoms with E-state index in [9.17, 15) is 0 Å². The molecule has 0 N–H and O–H groups in total. The van der Waals surface area contributed by atoms with Crippen molar-refractivity contribution in [1.29, 1.82) is 0 Å². The molecule has 0 spiro atoms. The minimum atomic E-state index is 1.04. The van der Waals surface area contributed by atoms with Gasteiger partial charge in [-0.15, -0.1) is 0 Å². The average molecular weight is 340 g/mol. The summed E-state index contributed by atoms with van der Waals surface area (Å²) in [6.07, 6.45) is 5.12. The maximum atomic E-state index is 2.47. The van der Waals surface area contributed by atoms with Crippen LogP contribution < -0.4 is 3.11 Å². The quantitative estimate of drug-likeness (QED) is 0.519. The molecule has 1 aromatic carbocycles. The van der Waals surface area contributed by atoms with Crippen molar-refractivity contribution in [2.24, 2.45) is 0 Å². The van der Waals surface area contributed by atoms with E-state index in [-0.39, 0.29) is 0 Å². The topological polar surface area (TPSA) is 6.48 Å². The molecule has 0 radical (unpaired) electrons. The maximum absolute atomic E-state index is 2.47. The van der Waals surface area contributed by atoms with E-state index in [4.69, 9.17) is 0 Å². The van der Waals surface area contributed by atoms with Crippen LogP contribution in [0.2, 0.25) is 0 Å². The van der Waals surface area contributed by atoms with Gasteiger partial charge in [0.05, 0.1) is 28.6 Å². The highest BCUT2D eigenvalue weighted by atomic mass is 127. The number of anilines is 1. The number of hydrogen-bond donors (Lipinski definition) is 0. The zero-order valence-corrected chi connectivity index (χ0v) is 12.3. The molecule has 17 heavy (non-hydrogen) atoms. The second-order valence-electron chi connectivity index (χ2n) is 4.87. The largest absolute Gasteiger partial charge is 0.372 e. The molecule has 3 rings (SSSR count). The number of halogens is 1. The van der Waals surface area contributed by atoms with E-state index >= 15 is 0 Å². The third-order valence-electron chi connectivity index (χ3n) is 3.72. The standard InChI is InChI=1S/C14H17IN2/c1-16-10-11-6-2-3-7-12(11)17(15)14-9-5-4-8-13(14)16/h2-3,6-7H,4-5,8-10H2,1H3. The molecule has 1 aliphatic heterocycles. The second-order valence-corrected chi connectivity index (χ2v) is 5.83. The number of fused-ring (bicyclic) bond motifs is 1. The first-order valence-electron chi connectivity index (χ1n) is 6.24. The zero-order valence-electron chi connectivity index (χ0n) is 10.1. The van der Waals surface area contributed by atoms with E-state index in [0.29, 0.717) is 0 Å². The number of hydrogen-bond acceptors (Lipinski definition) is 2. The summed E-state index contributed by atoms with van der Waals surface area (Å²) in [5, 5.41) is 0. The van der Waals surface area contributed by atoms with Gasteiger partial charge in [-0.25, -0.2) is 0 Å². The van der Waals surface area contributed by atoms with E-state index in [1.807, 2.05) is 0 Å². The van der Waals surface area contributed by atoms with Gasteiger partial charge < -0.3 is 4.90 Å². The summed E-state index contributed by atoms with van der Waals surface area (Å²) in [5.74, 6) is 0. The van der Waals surface area contributed by atoms with Crippen molar-refractivity contribution in [2.45, 2.75) is 32.2 Å². The van der Waals surface area contributed by atoms with Crippen LogP contribution >= 0.6 is 22.9 Å². The van der Waals surface area contributed by atoms with Crippen LogP contribution in [0.1, 0.15) is 31.2 Å². The summed E-state index contributed by atoms with van der Waals surface area (Å²) in [4.78, 5) is 2.44. The number of nitrogens with zero attached hydrogens (tertiary/aromatic N) is 2. The van der Waals surface area contributed by atoms with Gasteiger partial charge in [0.15, 0.2) is 0 Å². The van der Waals surface area contributed by atoms with E-state index in [2.05, 4.69) is 62.2 Å². The lowest BCUT2D eigenvalue weighted by Gasteiger charge is -2.29. The number of rotatable bonds is 0. The SMILES string of the molecule is CN1Cc2ccccc2N(I)C2=C1CCCC2. The van der Waals surface area contributed by atoms with Crippen LogP contribution in [0.5, 0.6) is 0 Å². The molecule has 3 heteroatoms. The van der Waals surface area contributed by atoms with Crippen molar-refractivity contribution in [3.05, 3.63) is 41.2 Å². The van der Waals surface area contributed by atoms with Crippen LogP contribution in [-0.4, -0.2) is 11.9 Å². The Balaban J connectivity index is 2.11. The lowest BCUT2D eigenvalue weighted by atomic mass is 10.0. The first kappa shape index (κ1) is 11.4. The zero-order chi connectivity index (χ0) is 11.8. The molecule has 2 nitrogen and oxygen atoms in total. The lowest BCUT2D eigenvalue weighted by molar-refractivity contribution is 0.377. The number of allylic oxidation sites excluding steroid dienone is 2. The van der Waals surface area contributed by atoms with Gasteiger partial charge in [0.1, 0.15) is 0 Å². The van der Waals surface area contributed by atoms with Crippen molar-refractivity contribution < 1.29 is 0 Å². The molecule has 0 saturated carbocycles. The fourth-order valence-electron chi connectivity index (χ4n) is 2.83. The fourth-order valence-corrected chi connectivity index (χ4v) is 3.82. The molecule has 1 aliphatic carbocycles. The normalized spacial score (nSPS) is 19.9. The lowest BCUT2D eigenvalue weighted by Crippen LogP contribution is -2.21. The predicted molar refractivity (Wildman–Crippen MR) is 79.9 cm³/mol. The minimum Gasteiger partial charge on any atom is -0.372 e. The van der Waals surface area contributed by atoms with Gasteiger partial charge in [-0.3, -0.25) is 3.11 Å². The summed E-state index contributed by atoms with van der Waals surface area (Å²) < 4.78 is 2.38. The molecule has 0 bridgehead atoms. The maximum Gasteiger partial charge on any atom is 0.0643 e. The molecule has 0 amide bonds. The van der Waals surface area contributed by atoms with Crippen LogP contribution in [0.25, 0.3) is 0 Å². The fraction of sp³-hybridized carbons (Fsp3) is 0.429. The molecule has 0 unspecified atom stereocenters. The molecule has 0 saturated heterocycles. The Morgan fingerprint density at radius 2 is 1.76 bits per heavy atom. The summed E-state index contributed by atoms with van der Waals surface area (Å²) in [5.41, 5.74) is 5.86. The molecular formula is C14H17IN2. The van der Waals surface area contributed by atoms with Crippen LogP contribution in [-0.2, 0) is 6.54 Å². The van der Waals surface area contributed by atoms with Crippen molar-refractivity contribution in [3.63, 3.8) is 0 Å². The van der Waals surface area contributed by atoms with Gasteiger partial charge in [-0.05, 0) is 37.3 Å². The second kappa shape index (κ2) is 4.52. The van der Waals surface area contributed by atoms with E-state index in [1.54, 1.807) is 5.70 Å². The molecule has 2 aliphatic rings. The van der Waals surface area contributed by atoms with Crippen LogP contribution in [0, 0.1) is 0 Å². The molecule has 0 atom stereocenters.